The number of nitrogens with one attached hydrogen (secondary N) is 2. The molecule has 2 bridgehead atoms. The number of carbonyl (C=O) groups excluding carboxylic acids is 2. The first kappa shape index (κ1) is 20.0. The molecule has 4 fully saturated rings. The molecule has 0 aromatic rings. The first-order valence-electron chi connectivity index (χ1n) is 11.7. The smallest absolute Gasteiger partial charge is 0.315 e. The van der Waals surface area contributed by atoms with Gasteiger partial charge in [-0.15, -0.1) is 0 Å². The normalized spacial score (nSPS) is 34.7. The van der Waals surface area contributed by atoms with Crippen molar-refractivity contribution in [3.63, 3.8) is 0 Å². The number of likely N-dealkylation sites (tertiary alicyclic amines) is 1. The van der Waals surface area contributed by atoms with Gasteiger partial charge in [-0.25, -0.2) is 4.79 Å². The number of nitrogens with two attached hydrogens (primary N) is 1. The minimum atomic E-state index is -0.0224. The number of nitrogens with zero attached hydrogens (tertiary/aromatic N) is 1. The number of hydrogen-bond donors (Lipinski definition) is 3. The molecule has 1 saturated heterocycles. The van der Waals surface area contributed by atoms with Crippen LogP contribution in [0, 0.1) is 17.8 Å². The predicted molar refractivity (Wildman–Crippen MR) is 110 cm³/mol. The van der Waals surface area contributed by atoms with Gasteiger partial charge in [-0.2, -0.15) is 0 Å². The number of piperidine rings is 1. The van der Waals surface area contributed by atoms with Gasteiger partial charge >= 0.3 is 6.03 Å². The van der Waals surface area contributed by atoms with Gasteiger partial charge in [-0.3, -0.25) is 4.79 Å². The van der Waals surface area contributed by atoms with Crippen LogP contribution in [0.3, 0.4) is 0 Å². The maximum Gasteiger partial charge on any atom is 0.315 e. The Labute approximate surface area is 169 Å². The van der Waals surface area contributed by atoms with E-state index in [0.29, 0.717) is 29.8 Å². The highest BCUT2D eigenvalue weighted by Gasteiger charge is 2.42. The minimum absolute atomic E-state index is 0.0224. The molecule has 0 radical (unpaired) electrons. The van der Waals surface area contributed by atoms with Gasteiger partial charge in [0.05, 0.1) is 0 Å². The van der Waals surface area contributed by atoms with Gasteiger partial charge in [-0.1, -0.05) is 25.7 Å². The van der Waals surface area contributed by atoms with Crippen molar-refractivity contribution >= 4 is 11.9 Å². The molecule has 0 aromatic heterocycles. The Morgan fingerprint density at radius 1 is 0.750 bits per heavy atom. The molecule has 1 aliphatic heterocycles. The molecule has 4 aliphatic rings. The Morgan fingerprint density at radius 2 is 1.32 bits per heavy atom. The summed E-state index contributed by atoms with van der Waals surface area (Å²) in [6.45, 7) is 1.54. The largest absolute Gasteiger partial charge is 0.342 e. The summed E-state index contributed by atoms with van der Waals surface area (Å²) >= 11 is 0. The molecule has 1 heterocycles. The van der Waals surface area contributed by atoms with E-state index in [2.05, 4.69) is 15.5 Å². The molecule has 4 N–H and O–H groups in total. The number of rotatable bonds is 3. The highest BCUT2D eigenvalue weighted by atomic mass is 16.2. The van der Waals surface area contributed by atoms with Crippen molar-refractivity contribution < 1.29 is 9.59 Å². The molecule has 28 heavy (non-hydrogen) atoms. The van der Waals surface area contributed by atoms with E-state index in [1.807, 2.05) is 0 Å². The van der Waals surface area contributed by atoms with Crippen LogP contribution in [0.2, 0.25) is 0 Å². The lowest BCUT2D eigenvalue weighted by molar-refractivity contribution is -0.139. The molecule has 3 saturated carbocycles. The van der Waals surface area contributed by atoms with E-state index in [-0.39, 0.29) is 18.0 Å². The predicted octanol–water partition coefficient (Wildman–Crippen LogP) is 2.76. The fraction of sp³-hybridized carbons (Fsp3) is 0.909. The molecular weight excluding hydrogens is 352 g/mol. The second-order valence-electron chi connectivity index (χ2n) is 9.75. The molecule has 6 nitrogen and oxygen atoms in total. The second-order valence-corrected chi connectivity index (χ2v) is 9.75. The SMILES string of the molecule is NC1C2CCCC1CC(C(=O)N1CCC(NC(=O)NC3CCCCC3)CC1)C2. The van der Waals surface area contributed by atoms with Crippen LogP contribution in [0.4, 0.5) is 4.79 Å². The standard InChI is InChI=1S/C22H38N4O2/c23-20-15-5-4-6-16(20)14-17(13-15)21(27)26-11-9-19(10-12-26)25-22(28)24-18-7-2-1-3-8-18/h15-20H,1-14,23H2,(H2,24,25,28). The van der Waals surface area contributed by atoms with E-state index in [9.17, 15) is 9.59 Å². The van der Waals surface area contributed by atoms with Gasteiger partial charge in [0, 0.05) is 37.1 Å². The fourth-order valence-corrected chi connectivity index (χ4v) is 6.15. The highest BCUT2D eigenvalue weighted by molar-refractivity contribution is 5.79. The van der Waals surface area contributed by atoms with Crippen LogP contribution >= 0.6 is 0 Å². The van der Waals surface area contributed by atoms with E-state index >= 15 is 0 Å². The summed E-state index contributed by atoms with van der Waals surface area (Å²) in [5.41, 5.74) is 6.39. The number of amides is 3. The summed E-state index contributed by atoms with van der Waals surface area (Å²) in [6, 6.07) is 0.820. The molecular formula is C22H38N4O2. The summed E-state index contributed by atoms with van der Waals surface area (Å²) in [6.07, 6.45) is 13.3. The van der Waals surface area contributed by atoms with Crippen molar-refractivity contribution in [2.45, 2.75) is 95.2 Å². The molecule has 6 heteroatoms. The number of carbonyl (C=O) groups is 2. The first-order valence-corrected chi connectivity index (χ1v) is 11.7. The lowest BCUT2D eigenvalue weighted by atomic mass is 9.65. The third kappa shape index (κ3) is 4.64. The summed E-state index contributed by atoms with van der Waals surface area (Å²) in [7, 11) is 0. The van der Waals surface area contributed by atoms with Crippen LogP contribution in [-0.4, -0.2) is 48.1 Å². The van der Waals surface area contributed by atoms with Crippen molar-refractivity contribution in [1.29, 1.82) is 0 Å². The zero-order valence-corrected chi connectivity index (χ0v) is 17.2. The molecule has 0 aromatic carbocycles. The maximum atomic E-state index is 13.1. The molecule has 158 valence electrons. The van der Waals surface area contributed by atoms with Crippen LogP contribution in [0.5, 0.6) is 0 Å². The molecule has 3 amide bonds. The fourth-order valence-electron chi connectivity index (χ4n) is 6.15. The summed E-state index contributed by atoms with van der Waals surface area (Å²) < 4.78 is 0. The van der Waals surface area contributed by atoms with E-state index in [1.165, 1.54) is 38.5 Å². The van der Waals surface area contributed by atoms with E-state index < -0.39 is 0 Å². The van der Waals surface area contributed by atoms with Crippen molar-refractivity contribution in [3.8, 4) is 0 Å². The summed E-state index contributed by atoms with van der Waals surface area (Å²) in [5.74, 6) is 1.61. The third-order valence-corrected chi connectivity index (χ3v) is 7.84. The topological polar surface area (TPSA) is 87.5 Å². The van der Waals surface area contributed by atoms with Crippen LogP contribution in [-0.2, 0) is 4.79 Å². The monoisotopic (exact) mass is 390 g/mol. The van der Waals surface area contributed by atoms with Crippen LogP contribution < -0.4 is 16.4 Å². The minimum Gasteiger partial charge on any atom is -0.342 e. The van der Waals surface area contributed by atoms with Crippen molar-refractivity contribution in [3.05, 3.63) is 0 Å². The van der Waals surface area contributed by atoms with Crippen molar-refractivity contribution in [2.24, 2.45) is 23.5 Å². The van der Waals surface area contributed by atoms with Gasteiger partial charge in [0.15, 0.2) is 0 Å². The molecule has 2 atom stereocenters. The Morgan fingerprint density at radius 3 is 1.93 bits per heavy atom. The molecule has 4 rings (SSSR count). The third-order valence-electron chi connectivity index (χ3n) is 7.84. The van der Waals surface area contributed by atoms with Crippen molar-refractivity contribution in [1.82, 2.24) is 15.5 Å². The Kier molecular flexibility index (Phi) is 6.44. The van der Waals surface area contributed by atoms with Gasteiger partial charge in [0.25, 0.3) is 0 Å². The van der Waals surface area contributed by atoms with Gasteiger partial charge < -0.3 is 21.3 Å². The summed E-state index contributed by atoms with van der Waals surface area (Å²) in [4.78, 5) is 27.4. The highest BCUT2D eigenvalue weighted by Crippen LogP contribution is 2.42. The maximum absolute atomic E-state index is 13.1. The van der Waals surface area contributed by atoms with Crippen LogP contribution in [0.1, 0.15) is 77.0 Å². The quantitative estimate of drug-likeness (QED) is 0.692. The average molecular weight is 391 g/mol. The van der Waals surface area contributed by atoms with Gasteiger partial charge in [0.1, 0.15) is 0 Å². The average Bonchev–Trinajstić information content (AvgIpc) is 2.68. The number of urea groups is 1. The van der Waals surface area contributed by atoms with E-state index in [4.69, 9.17) is 5.73 Å². The molecule has 2 unspecified atom stereocenters. The lowest BCUT2D eigenvalue weighted by Gasteiger charge is -2.45. The Hall–Kier alpha value is -1.30. The molecule has 0 spiro atoms. The number of fused-ring (bicyclic) bond motifs is 2. The van der Waals surface area contributed by atoms with Crippen molar-refractivity contribution in [2.75, 3.05) is 13.1 Å². The first-order chi connectivity index (χ1) is 13.6. The molecule has 3 aliphatic carbocycles. The van der Waals surface area contributed by atoms with Crippen LogP contribution in [0.15, 0.2) is 0 Å². The lowest BCUT2D eigenvalue weighted by Crippen LogP contribution is -2.53. The number of hydrogen-bond acceptors (Lipinski definition) is 3. The van der Waals surface area contributed by atoms with Gasteiger partial charge in [0.2, 0.25) is 5.91 Å². The van der Waals surface area contributed by atoms with Crippen LogP contribution in [0.25, 0.3) is 0 Å². The van der Waals surface area contributed by atoms with E-state index in [1.54, 1.807) is 0 Å². The Balaban J connectivity index is 1.20. The summed E-state index contributed by atoms with van der Waals surface area (Å²) in [5, 5.41) is 6.27. The van der Waals surface area contributed by atoms with E-state index in [0.717, 1.165) is 51.6 Å². The second kappa shape index (κ2) is 9.02. The zero-order chi connectivity index (χ0) is 19.5. The Bertz CT molecular complexity index is 541. The van der Waals surface area contributed by atoms with Gasteiger partial charge in [-0.05, 0) is 63.2 Å². The zero-order valence-electron chi connectivity index (χ0n) is 17.2.